The van der Waals surface area contributed by atoms with Crippen LogP contribution in [0.1, 0.15) is 24.0 Å². The first-order valence-electron chi connectivity index (χ1n) is 11.9. The van der Waals surface area contributed by atoms with E-state index in [1.807, 2.05) is 17.0 Å². The van der Waals surface area contributed by atoms with Crippen LogP contribution < -0.4 is 14.8 Å². The van der Waals surface area contributed by atoms with Gasteiger partial charge in [-0.15, -0.1) is 0 Å². The van der Waals surface area contributed by atoms with Gasteiger partial charge in [-0.3, -0.25) is 24.2 Å². The molecule has 0 aliphatic carbocycles. The number of halogens is 1. The maximum Gasteiger partial charge on any atom is 0.250 e. The van der Waals surface area contributed by atoms with E-state index in [2.05, 4.69) is 5.32 Å². The third-order valence-electron chi connectivity index (χ3n) is 8.12. The Balaban J connectivity index is 1.35. The van der Waals surface area contributed by atoms with Crippen molar-refractivity contribution in [2.75, 3.05) is 32.6 Å². The summed E-state index contributed by atoms with van der Waals surface area (Å²) >= 11 is 0. The zero-order chi connectivity index (χ0) is 24.5. The summed E-state index contributed by atoms with van der Waals surface area (Å²) in [6.45, 7) is 0.786. The van der Waals surface area contributed by atoms with Gasteiger partial charge in [0.05, 0.1) is 26.1 Å². The molecule has 182 valence electrons. The highest BCUT2D eigenvalue weighted by Crippen LogP contribution is 2.60. The number of fused-ring (bicyclic) bond motifs is 7. The second-order valence-corrected chi connectivity index (χ2v) is 9.58. The number of anilines is 1. The average Bonchev–Trinajstić information content (AvgIpc) is 3.56. The van der Waals surface area contributed by atoms with Gasteiger partial charge < -0.3 is 14.8 Å². The van der Waals surface area contributed by atoms with Gasteiger partial charge in [0.2, 0.25) is 17.7 Å². The molecule has 4 aliphatic rings. The summed E-state index contributed by atoms with van der Waals surface area (Å²) in [6, 6.07) is 9.44. The van der Waals surface area contributed by atoms with E-state index in [0.717, 1.165) is 18.4 Å². The average molecular weight is 480 g/mol. The topological polar surface area (TPSA) is 88.2 Å². The number of amides is 3. The van der Waals surface area contributed by atoms with Crippen LogP contribution in [-0.4, -0.2) is 60.9 Å². The fourth-order valence-electron chi connectivity index (χ4n) is 6.73. The Morgan fingerprint density at radius 1 is 1.06 bits per heavy atom. The van der Waals surface area contributed by atoms with Gasteiger partial charge in [0.25, 0.3) is 0 Å². The smallest absolute Gasteiger partial charge is 0.250 e. The van der Waals surface area contributed by atoms with Crippen molar-refractivity contribution in [1.82, 2.24) is 9.80 Å². The molecule has 6 rings (SSSR count). The molecule has 0 bridgehead atoms. The number of benzene rings is 2. The molecule has 0 saturated carbocycles. The first kappa shape index (κ1) is 22.0. The quantitative estimate of drug-likeness (QED) is 0.663. The van der Waals surface area contributed by atoms with Gasteiger partial charge >= 0.3 is 0 Å². The van der Waals surface area contributed by atoms with Crippen molar-refractivity contribution in [2.24, 2.45) is 11.8 Å². The normalized spacial score (nSPS) is 28.9. The van der Waals surface area contributed by atoms with E-state index in [-0.39, 0.29) is 30.3 Å². The Kier molecular flexibility index (Phi) is 4.90. The number of ether oxygens (including phenoxy) is 2. The third-order valence-corrected chi connectivity index (χ3v) is 8.12. The Labute approximate surface area is 202 Å². The van der Waals surface area contributed by atoms with Crippen LogP contribution in [0.25, 0.3) is 0 Å². The van der Waals surface area contributed by atoms with Crippen LogP contribution >= 0.6 is 0 Å². The number of nitrogens with one attached hydrogen (secondary N) is 1. The molecule has 1 spiro atoms. The molecule has 0 radical (unpaired) electrons. The molecular weight excluding hydrogens is 453 g/mol. The standard InChI is InChI=1S/C26H26FN3O5/c1-34-19-8-5-14(12-20(19)35-2)9-11-29-23(31)21-18-4-3-10-30(18)26(22(21)24(29)32)16-13-15(27)6-7-17(16)28-25(26)33/h5-8,12-13,18,21-22H,3-4,9-11H2,1-2H3,(H,28,33)/t18?,21-,22+,26?/m1/s1. The summed E-state index contributed by atoms with van der Waals surface area (Å²) in [5.41, 5.74) is 0.508. The van der Waals surface area contributed by atoms with Gasteiger partial charge in [0.15, 0.2) is 11.5 Å². The summed E-state index contributed by atoms with van der Waals surface area (Å²) in [6.07, 6.45) is 1.99. The highest BCUT2D eigenvalue weighted by Gasteiger charge is 2.74. The molecule has 3 saturated heterocycles. The van der Waals surface area contributed by atoms with Gasteiger partial charge in [-0.25, -0.2) is 4.39 Å². The zero-order valence-corrected chi connectivity index (χ0v) is 19.5. The van der Waals surface area contributed by atoms with Crippen LogP contribution in [0.2, 0.25) is 0 Å². The van der Waals surface area contributed by atoms with E-state index in [9.17, 15) is 18.8 Å². The maximum absolute atomic E-state index is 14.3. The Hall–Kier alpha value is -3.46. The number of rotatable bonds is 5. The molecule has 3 fully saturated rings. The minimum atomic E-state index is -1.35. The van der Waals surface area contributed by atoms with E-state index < -0.39 is 23.2 Å². The predicted octanol–water partition coefficient (Wildman–Crippen LogP) is 2.31. The number of likely N-dealkylation sites (tertiary alicyclic amines) is 1. The van der Waals surface area contributed by atoms with Gasteiger partial charge in [-0.2, -0.15) is 0 Å². The first-order valence-corrected chi connectivity index (χ1v) is 11.9. The number of nitrogens with zero attached hydrogens (tertiary/aromatic N) is 2. The fourth-order valence-corrected chi connectivity index (χ4v) is 6.73. The van der Waals surface area contributed by atoms with Crippen LogP contribution in [0.3, 0.4) is 0 Å². The second kappa shape index (κ2) is 7.78. The molecule has 9 heteroatoms. The molecule has 1 N–H and O–H groups in total. The number of imide groups is 1. The number of hydrogen-bond acceptors (Lipinski definition) is 6. The molecule has 8 nitrogen and oxygen atoms in total. The Bertz CT molecular complexity index is 1270. The minimum absolute atomic E-state index is 0.195. The lowest BCUT2D eigenvalue weighted by atomic mass is 9.75. The summed E-state index contributed by atoms with van der Waals surface area (Å²) in [4.78, 5) is 44.3. The molecule has 4 heterocycles. The number of carbonyl (C=O) groups excluding carboxylic acids is 3. The van der Waals surface area contributed by atoms with Gasteiger partial charge in [0, 0.05) is 23.8 Å². The maximum atomic E-state index is 14.3. The third kappa shape index (κ3) is 2.84. The van der Waals surface area contributed by atoms with Crippen molar-refractivity contribution >= 4 is 23.4 Å². The largest absolute Gasteiger partial charge is 0.493 e. The Morgan fingerprint density at radius 2 is 1.86 bits per heavy atom. The van der Waals surface area contributed by atoms with E-state index in [4.69, 9.17) is 9.47 Å². The van der Waals surface area contributed by atoms with E-state index in [1.54, 1.807) is 20.3 Å². The fraction of sp³-hybridized carbons (Fsp3) is 0.423. The monoisotopic (exact) mass is 479 g/mol. The highest BCUT2D eigenvalue weighted by atomic mass is 19.1. The van der Waals surface area contributed by atoms with Gasteiger partial charge in [-0.05, 0) is 61.7 Å². The van der Waals surface area contributed by atoms with Crippen molar-refractivity contribution < 1.29 is 28.2 Å². The lowest BCUT2D eigenvalue weighted by Gasteiger charge is -2.36. The van der Waals surface area contributed by atoms with Crippen molar-refractivity contribution in [3.8, 4) is 11.5 Å². The zero-order valence-electron chi connectivity index (χ0n) is 19.5. The number of hydrogen-bond donors (Lipinski definition) is 1. The van der Waals surface area contributed by atoms with Crippen molar-refractivity contribution in [3.63, 3.8) is 0 Å². The summed E-state index contributed by atoms with van der Waals surface area (Å²) in [5, 5.41) is 2.86. The van der Waals surface area contributed by atoms with Crippen LogP contribution in [0.15, 0.2) is 36.4 Å². The molecule has 4 atom stereocenters. The van der Waals surface area contributed by atoms with Crippen LogP contribution in [0.5, 0.6) is 11.5 Å². The molecule has 4 aliphatic heterocycles. The molecule has 0 aromatic heterocycles. The number of carbonyl (C=O) groups is 3. The summed E-state index contributed by atoms with van der Waals surface area (Å²) < 4.78 is 25.0. The molecule has 35 heavy (non-hydrogen) atoms. The van der Waals surface area contributed by atoms with Crippen LogP contribution in [0, 0.1) is 17.7 Å². The second-order valence-electron chi connectivity index (χ2n) is 9.58. The summed E-state index contributed by atoms with van der Waals surface area (Å²) in [7, 11) is 3.11. The van der Waals surface area contributed by atoms with E-state index in [0.29, 0.717) is 35.7 Å². The molecule has 2 unspecified atom stereocenters. The first-order chi connectivity index (χ1) is 16.9. The van der Waals surface area contributed by atoms with Crippen molar-refractivity contribution in [3.05, 3.63) is 53.3 Å². The SMILES string of the molecule is COc1ccc(CCN2C(=O)[C@@H]3C4CCCN4C4(C(=O)Nc5ccc(F)cc54)[C@@H]3C2=O)cc1OC. The van der Waals surface area contributed by atoms with Gasteiger partial charge in [0.1, 0.15) is 11.4 Å². The lowest BCUT2D eigenvalue weighted by Crippen LogP contribution is -2.54. The van der Waals surface area contributed by atoms with Crippen LogP contribution in [0.4, 0.5) is 10.1 Å². The van der Waals surface area contributed by atoms with E-state index in [1.165, 1.54) is 23.1 Å². The van der Waals surface area contributed by atoms with Crippen LogP contribution in [-0.2, 0) is 26.3 Å². The lowest BCUT2D eigenvalue weighted by molar-refractivity contribution is -0.145. The summed E-state index contributed by atoms with van der Waals surface area (Å²) in [5.74, 6) is -1.73. The molecular formula is C26H26FN3O5. The molecule has 2 aromatic rings. The predicted molar refractivity (Wildman–Crippen MR) is 123 cm³/mol. The van der Waals surface area contributed by atoms with Crippen molar-refractivity contribution in [1.29, 1.82) is 0 Å². The Morgan fingerprint density at radius 3 is 2.63 bits per heavy atom. The van der Waals surface area contributed by atoms with E-state index >= 15 is 0 Å². The molecule has 2 aromatic carbocycles. The van der Waals surface area contributed by atoms with Crippen molar-refractivity contribution in [2.45, 2.75) is 30.8 Å². The number of methoxy groups -OCH3 is 2. The highest BCUT2D eigenvalue weighted by molar-refractivity contribution is 6.15. The van der Waals surface area contributed by atoms with Gasteiger partial charge in [-0.1, -0.05) is 6.07 Å². The minimum Gasteiger partial charge on any atom is -0.493 e. The molecule has 3 amide bonds.